The van der Waals surface area contributed by atoms with E-state index in [0.29, 0.717) is 11.5 Å². The second kappa shape index (κ2) is 5.21. The maximum absolute atomic E-state index is 11.6. The Balaban J connectivity index is 2.82. The van der Waals surface area contributed by atoms with E-state index >= 15 is 0 Å². The SMILES string of the molecule is C=C(C)C(=O)OC(C)(C#CC)C1CCCC1. The molecule has 0 N–H and O–H groups in total. The Bertz CT molecular complexity index is 339. The third kappa shape index (κ3) is 2.88. The van der Waals surface area contributed by atoms with Gasteiger partial charge in [0.05, 0.1) is 0 Å². The van der Waals surface area contributed by atoms with Gasteiger partial charge in [-0.2, -0.15) is 0 Å². The zero-order valence-electron chi connectivity index (χ0n) is 10.4. The van der Waals surface area contributed by atoms with Gasteiger partial charge in [0.2, 0.25) is 0 Å². The fourth-order valence-corrected chi connectivity index (χ4v) is 2.22. The van der Waals surface area contributed by atoms with Crippen molar-refractivity contribution in [3.05, 3.63) is 12.2 Å². The van der Waals surface area contributed by atoms with Crippen LogP contribution in [0.15, 0.2) is 12.2 Å². The molecule has 1 atom stereocenters. The highest BCUT2D eigenvalue weighted by atomic mass is 16.6. The van der Waals surface area contributed by atoms with E-state index in [0.717, 1.165) is 12.8 Å². The minimum absolute atomic E-state index is 0.336. The summed E-state index contributed by atoms with van der Waals surface area (Å²) in [5.74, 6) is 5.95. The first-order chi connectivity index (χ1) is 7.49. The molecule has 1 aliphatic rings. The average molecular weight is 220 g/mol. The van der Waals surface area contributed by atoms with Crippen molar-refractivity contribution >= 4 is 5.97 Å². The minimum Gasteiger partial charge on any atom is -0.442 e. The first-order valence-corrected chi connectivity index (χ1v) is 5.82. The van der Waals surface area contributed by atoms with Crippen LogP contribution < -0.4 is 0 Å². The van der Waals surface area contributed by atoms with Crippen LogP contribution in [0.4, 0.5) is 0 Å². The quantitative estimate of drug-likeness (QED) is 0.415. The largest absolute Gasteiger partial charge is 0.442 e. The van der Waals surface area contributed by atoms with E-state index in [1.54, 1.807) is 13.8 Å². The molecule has 0 spiro atoms. The standard InChI is InChI=1S/C14H20O2/c1-5-10-14(4,12-8-6-7-9-12)16-13(15)11(2)3/h12H,2,6-9H2,1,3-4H3. The van der Waals surface area contributed by atoms with Crippen LogP contribution in [0.25, 0.3) is 0 Å². The van der Waals surface area contributed by atoms with E-state index < -0.39 is 5.60 Å². The van der Waals surface area contributed by atoms with Crippen molar-refractivity contribution in [2.45, 2.75) is 52.1 Å². The molecule has 1 unspecified atom stereocenters. The molecule has 2 nitrogen and oxygen atoms in total. The lowest BCUT2D eigenvalue weighted by molar-refractivity contribution is -0.152. The summed E-state index contributed by atoms with van der Waals surface area (Å²) in [6.07, 6.45) is 4.59. The normalized spacial score (nSPS) is 19.4. The zero-order chi connectivity index (χ0) is 12.2. The third-order valence-corrected chi connectivity index (χ3v) is 3.16. The molecule has 0 amide bonds. The number of ether oxygens (including phenoxy) is 1. The number of hydrogen-bond donors (Lipinski definition) is 0. The number of rotatable bonds is 3. The molecule has 0 aromatic heterocycles. The molecule has 1 fully saturated rings. The van der Waals surface area contributed by atoms with E-state index in [-0.39, 0.29) is 5.97 Å². The van der Waals surface area contributed by atoms with Gasteiger partial charge in [-0.05, 0) is 33.6 Å². The number of carbonyl (C=O) groups is 1. The predicted molar refractivity (Wildman–Crippen MR) is 64.7 cm³/mol. The van der Waals surface area contributed by atoms with Crippen LogP contribution in [-0.2, 0) is 9.53 Å². The number of esters is 1. The van der Waals surface area contributed by atoms with Crippen LogP contribution in [0.1, 0.15) is 46.5 Å². The molecule has 88 valence electrons. The van der Waals surface area contributed by atoms with Gasteiger partial charge in [-0.1, -0.05) is 25.3 Å². The van der Waals surface area contributed by atoms with Crippen molar-refractivity contribution < 1.29 is 9.53 Å². The lowest BCUT2D eigenvalue weighted by atomic mass is 9.88. The van der Waals surface area contributed by atoms with Gasteiger partial charge in [0.25, 0.3) is 0 Å². The Morgan fingerprint density at radius 3 is 2.44 bits per heavy atom. The van der Waals surface area contributed by atoms with E-state index in [1.807, 2.05) is 6.92 Å². The molecule has 0 aromatic carbocycles. The molecular formula is C14H20O2. The summed E-state index contributed by atoms with van der Waals surface area (Å²) >= 11 is 0. The Kier molecular flexibility index (Phi) is 4.18. The van der Waals surface area contributed by atoms with Crippen molar-refractivity contribution in [2.75, 3.05) is 0 Å². The molecule has 1 rings (SSSR count). The van der Waals surface area contributed by atoms with Gasteiger partial charge in [0.15, 0.2) is 5.60 Å². The summed E-state index contributed by atoms with van der Waals surface area (Å²) < 4.78 is 5.51. The summed E-state index contributed by atoms with van der Waals surface area (Å²) in [5, 5.41) is 0. The molecule has 0 radical (unpaired) electrons. The Morgan fingerprint density at radius 2 is 2.00 bits per heavy atom. The van der Waals surface area contributed by atoms with E-state index in [1.165, 1.54) is 12.8 Å². The highest BCUT2D eigenvalue weighted by Crippen LogP contribution is 2.36. The maximum Gasteiger partial charge on any atom is 0.334 e. The number of hydrogen-bond acceptors (Lipinski definition) is 2. The highest BCUT2D eigenvalue weighted by Gasteiger charge is 2.38. The molecule has 1 saturated carbocycles. The molecular weight excluding hydrogens is 200 g/mol. The van der Waals surface area contributed by atoms with E-state index in [2.05, 4.69) is 18.4 Å². The van der Waals surface area contributed by atoms with Gasteiger partial charge in [-0.15, -0.1) is 5.92 Å². The lowest BCUT2D eigenvalue weighted by Crippen LogP contribution is -2.37. The summed E-state index contributed by atoms with van der Waals surface area (Å²) in [5.41, 5.74) is -0.205. The van der Waals surface area contributed by atoms with Crippen molar-refractivity contribution in [3.8, 4) is 11.8 Å². The predicted octanol–water partition coefficient (Wildman–Crippen LogP) is 3.08. The van der Waals surface area contributed by atoms with Gasteiger partial charge >= 0.3 is 5.97 Å². The molecule has 0 bridgehead atoms. The average Bonchev–Trinajstić information content (AvgIpc) is 2.70. The van der Waals surface area contributed by atoms with Crippen LogP contribution in [0.5, 0.6) is 0 Å². The van der Waals surface area contributed by atoms with Gasteiger partial charge in [-0.25, -0.2) is 4.79 Å². The first kappa shape index (κ1) is 12.8. The second-order valence-electron chi connectivity index (χ2n) is 4.63. The molecule has 0 heterocycles. The molecule has 0 aromatic rings. The fourth-order valence-electron chi connectivity index (χ4n) is 2.22. The third-order valence-electron chi connectivity index (χ3n) is 3.16. The lowest BCUT2D eigenvalue weighted by Gasteiger charge is -2.30. The second-order valence-corrected chi connectivity index (χ2v) is 4.63. The van der Waals surface area contributed by atoms with Crippen LogP contribution in [0.2, 0.25) is 0 Å². The Morgan fingerprint density at radius 1 is 1.44 bits per heavy atom. The van der Waals surface area contributed by atoms with Gasteiger partial charge in [0.1, 0.15) is 0 Å². The summed E-state index contributed by atoms with van der Waals surface area (Å²) in [6, 6.07) is 0. The highest BCUT2D eigenvalue weighted by molar-refractivity contribution is 5.87. The molecule has 0 saturated heterocycles. The Labute approximate surface area is 98.1 Å². The van der Waals surface area contributed by atoms with Crippen LogP contribution in [0, 0.1) is 17.8 Å². The smallest absolute Gasteiger partial charge is 0.334 e. The Hall–Kier alpha value is -1.23. The van der Waals surface area contributed by atoms with Crippen LogP contribution >= 0.6 is 0 Å². The molecule has 16 heavy (non-hydrogen) atoms. The first-order valence-electron chi connectivity index (χ1n) is 5.82. The van der Waals surface area contributed by atoms with Gasteiger partial charge < -0.3 is 4.74 Å². The van der Waals surface area contributed by atoms with Crippen LogP contribution in [0.3, 0.4) is 0 Å². The van der Waals surface area contributed by atoms with Crippen molar-refractivity contribution in [3.63, 3.8) is 0 Å². The molecule has 1 aliphatic carbocycles. The topological polar surface area (TPSA) is 26.3 Å². The minimum atomic E-state index is -0.638. The molecule has 0 aliphatic heterocycles. The van der Waals surface area contributed by atoms with Gasteiger partial charge in [0, 0.05) is 11.5 Å². The maximum atomic E-state index is 11.6. The van der Waals surface area contributed by atoms with Crippen molar-refractivity contribution in [1.82, 2.24) is 0 Å². The zero-order valence-corrected chi connectivity index (χ0v) is 10.4. The summed E-state index contributed by atoms with van der Waals surface area (Å²) in [4.78, 5) is 11.6. The number of carbonyl (C=O) groups excluding carboxylic acids is 1. The fraction of sp³-hybridized carbons (Fsp3) is 0.643. The van der Waals surface area contributed by atoms with Crippen molar-refractivity contribution in [1.29, 1.82) is 0 Å². The van der Waals surface area contributed by atoms with Crippen LogP contribution in [-0.4, -0.2) is 11.6 Å². The van der Waals surface area contributed by atoms with E-state index in [9.17, 15) is 4.79 Å². The summed E-state index contributed by atoms with van der Waals surface area (Å²) in [7, 11) is 0. The molecule has 2 heteroatoms. The monoisotopic (exact) mass is 220 g/mol. The van der Waals surface area contributed by atoms with Crippen molar-refractivity contribution in [2.24, 2.45) is 5.92 Å². The van der Waals surface area contributed by atoms with E-state index in [4.69, 9.17) is 4.74 Å². The van der Waals surface area contributed by atoms with Gasteiger partial charge in [-0.3, -0.25) is 0 Å². The summed E-state index contributed by atoms with van der Waals surface area (Å²) in [6.45, 7) is 8.96.